The summed E-state index contributed by atoms with van der Waals surface area (Å²) in [5.41, 5.74) is 0.479. The molecule has 1 atom stereocenters. The summed E-state index contributed by atoms with van der Waals surface area (Å²) in [6.45, 7) is 4.23. The van der Waals surface area contributed by atoms with Crippen LogP contribution in [0.25, 0.3) is 0 Å². The second kappa shape index (κ2) is 3.45. The average Bonchev–Trinajstić information content (AvgIpc) is 2.73. The fourth-order valence-electron chi connectivity index (χ4n) is 1.40. The maximum atomic E-state index is 11.7. The number of nitrogens with one attached hydrogen (secondary N) is 1. The smallest absolute Gasteiger partial charge is 0.271 e. The van der Waals surface area contributed by atoms with Gasteiger partial charge in [-0.1, -0.05) is 25.4 Å². The van der Waals surface area contributed by atoms with Gasteiger partial charge >= 0.3 is 0 Å². The predicted molar refractivity (Wildman–Crippen MR) is 56.7 cm³/mol. The molecular weight excluding hydrogens is 214 g/mol. The number of aromatic nitrogens is 2. The molecule has 1 N–H and O–H groups in total. The van der Waals surface area contributed by atoms with Crippen LogP contribution in [-0.2, 0) is 0 Å². The SMILES string of the molecule is CC1(C)CC1NC(=O)c1cncc(Cl)n1. The minimum absolute atomic E-state index is 0.208. The van der Waals surface area contributed by atoms with Crippen molar-refractivity contribution < 1.29 is 4.79 Å². The summed E-state index contributed by atoms with van der Waals surface area (Å²) in [6.07, 6.45) is 3.82. The Hall–Kier alpha value is -1.16. The highest BCUT2D eigenvalue weighted by Crippen LogP contribution is 2.44. The van der Waals surface area contributed by atoms with Crippen LogP contribution < -0.4 is 5.32 Å². The van der Waals surface area contributed by atoms with Crippen LogP contribution in [0.4, 0.5) is 0 Å². The number of halogens is 1. The van der Waals surface area contributed by atoms with Crippen molar-refractivity contribution in [3.8, 4) is 0 Å². The Morgan fingerprint density at radius 2 is 2.27 bits per heavy atom. The molecule has 2 rings (SSSR count). The van der Waals surface area contributed by atoms with E-state index >= 15 is 0 Å². The second-order valence-electron chi connectivity index (χ2n) is 4.45. The lowest BCUT2D eigenvalue weighted by Gasteiger charge is -2.05. The van der Waals surface area contributed by atoms with E-state index in [0.29, 0.717) is 0 Å². The van der Waals surface area contributed by atoms with E-state index in [1.807, 2.05) is 0 Å². The molecule has 15 heavy (non-hydrogen) atoms. The number of carbonyl (C=O) groups excluding carboxylic acids is 1. The topological polar surface area (TPSA) is 54.9 Å². The first-order valence-electron chi connectivity index (χ1n) is 4.77. The van der Waals surface area contributed by atoms with Crippen molar-refractivity contribution in [2.24, 2.45) is 5.41 Å². The highest BCUT2D eigenvalue weighted by atomic mass is 35.5. The standard InChI is InChI=1S/C10H12ClN3O/c1-10(2)3-7(10)14-9(15)6-4-12-5-8(11)13-6/h4-5,7H,3H2,1-2H3,(H,14,15). The highest BCUT2D eigenvalue weighted by Gasteiger charge is 2.46. The highest BCUT2D eigenvalue weighted by molar-refractivity contribution is 6.29. The molecule has 1 saturated carbocycles. The van der Waals surface area contributed by atoms with Crippen molar-refractivity contribution in [1.29, 1.82) is 0 Å². The number of hydrogen-bond acceptors (Lipinski definition) is 3. The van der Waals surface area contributed by atoms with Gasteiger partial charge in [0.1, 0.15) is 10.8 Å². The summed E-state index contributed by atoms with van der Waals surface area (Å²) in [4.78, 5) is 19.4. The minimum Gasteiger partial charge on any atom is -0.347 e. The lowest BCUT2D eigenvalue weighted by molar-refractivity contribution is 0.0941. The lowest BCUT2D eigenvalue weighted by Crippen LogP contribution is -2.29. The van der Waals surface area contributed by atoms with Crippen molar-refractivity contribution in [2.75, 3.05) is 0 Å². The molecule has 0 radical (unpaired) electrons. The summed E-state index contributed by atoms with van der Waals surface area (Å²) in [7, 11) is 0. The molecule has 0 spiro atoms. The van der Waals surface area contributed by atoms with Crippen LogP contribution in [0.1, 0.15) is 30.8 Å². The van der Waals surface area contributed by atoms with E-state index in [2.05, 4.69) is 29.1 Å². The fourth-order valence-corrected chi connectivity index (χ4v) is 1.54. The molecule has 0 bridgehead atoms. The molecule has 1 aliphatic rings. The number of nitrogens with zero attached hydrogens (tertiary/aromatic N) is 2. The van der Waals surface area contributed by atoms with Gasteiger partial charge < -0.3 is 5.32 Å². The van der Waals surface area contributed by atoms with E-state index in [4.69, 9.17) is 11.6 Å². The first-order chi connectivity index (χ1) is 6.99. The van der Waals surface area contributed by atoms with E-state index < -0.39 is 0 Å². The molecule has 1 unspecified atom stereocenters. The first-order valence-corrected chi connectivity index (χ1v) is 5.15. The molecule has 1 aromatic heterocycles. The summed E-state index contributed by atoms with van der Waals surface area (Å²) in [6, 6.07) is 0.241. The second-order valence-corrected chi connectivity index (χ2v) is 4.83. The molecule has 1 fully saturated rings. The zero-order valence-corrected chi connectivity index (χ0v) is 9.38. The van der Waals surface area contributed by atoms with Crippen molar-refractivity contribution in [3.63, 3.8) is 0 Å². The monoisotopic (exact) mass is 225 g/mol. The normalized spacial score (nSPS) is 22.2. The zero-order valence-electron chi connectivity index (χ0n) is 8.62. The van der Waals surface area contributed by atoms with Gasteiger partial charge in [-0.15, -0.1) is 0 Å². The summed E-state index contributed by atoms with van der Waals surface area (Å²) in [5.74, 6) is -0.208. The Balaban J connectivity index is 2.03. The van der Waals surface area contributed by atoms with Crippen LogP contribution >= 0.6 is 11.6 Å². The molecule has 80 valence electrons. The van der Waals surface area contributed by atoms with Crippen molar-refractivity contribution in [2.45, 2.75) is 26.3 Å². The Labute approximate surface area is 93.1 Å². The van der Waals surface area contributed by atoms with Crippen LogP contribution in [0, 0.1) is 5.41 Å². The first kappa shape index (κ1) is 10.4. The Bertz CT molecular complexity index is 405. The number of hydrogen-bond donors (Lipinski definition) is 1. The largest absolute Gasteiger partial charge is 0.347 e. The van der Waals surface area contributed by atoms with Gasteiger partial charge in [0.05, 0.1) is 12.4 Å². The van der Waals surface area contributed by atoms with Crippen molar-refractivity contribution >= 4 is 17.5 Å². The van der Waals surface area contributed by atoms with Crippen LogP contribution in [0.2, 0.25) is 5.15 Å². The summed E-state index contributed by atoms with van der Waals surface area (Å²) >= 11 is 5.64. The maximum absolute atomic E-state index is 11.7. The Morgan fingerprint density at radius 3 is 2.80 bits per heavy atom. The number of amides is 1. The van der Waals surface area contributed by atoms with E-state index in [-0.39, 0.29) is 28.2 Å². The molecule has 1 aromatic rings. The van der Waals surface area contributed by atoms with Gasteiger partial charge in [0.25, 0.3) is 5.91 Å². The molecule has 4 nitrogen and oxygen atoms in total. The quantitative estimate of drug-likeness (QED) is 0.833. The van der Waals surface area contributed by atoms with Crippen molar-refractivity contribution in [1.82, 2.24) is 15.3 Å². The summed E-state index contributed by atoms with van der Waals surface area (Å²) < 4.78 is 0. The Morgan fingerprint density at radius 1 is 1.60 bits per heavy atom. The van der Waals surface area contributed by atoms with Crippen LogP contribution in [-0.4, -0.2) is 21.9 Å². The molecule has 5 heteroatoms. The van der Waals surface area contributed by atoms with E-state index in [0.717, 1.165) is 6.42 Å². The van der Waals surface area contributed by atoms with Gasteiger partial charge in [-0.2, -0.15) is 0 Å². The van der Waals surface area contributed by atoms with E-state index in [9.17, 15) is 4.79 Å². The zero-order chi connectivity index (χ0) is 11.1. The molecule has 1 heterocycles. The van der Waals surface area contributed by atoms with Crippen LogP contribution in [0.15, 0.2) is 12.4 Å². The number of rotatable bonds is 2. The van der Waals surface area contributed by atoms with Gasteiger partial charge in [0.2, 0.25) is 0 Å². The average molecular weight is 226 g/mol. The van der Waals surface area contributed by atoms with Gasteiger partial charge in [-0.3, -0.25) is 9.78 Å². The maximum Gasteiger partial charge on any atom is 0.271 e. The molecule has 0 saturated heterocycles. The molecule has 0 aliphatic heterocycles. The Kier molecular flexibility index (Phi) is 2.38. The van der Waals surface area contributed by atoms with Gasteiger partial charge in [-0.05, 0) is 11.8 Å². The summed E-state index contributed by atoms with van der Waals surface area (Å²) in [5, 5.41) is 3.12. The predicted octanol–water partition coefficient (Wildman–Crippen LogP) is 1.66. The van der Waals surface area contributed by atoms with Gasteiger partial charge in [-0.25, -0.2) is 4.98 Å². The van der Waals surface area contributed by atoms with Crippen molar-refractivity contribution in [3.05, 3.63) is 23.2 Å². The molecular formula is C10H12ClN3O. The van der Waals surface area contributed by atoms with Gasteiger partial charge in [0.15, 0.2) is 0 Å². The molecule has 1 aliphatic carbocycles. The number of carbonyl (C=O) groups is 1. The third-order valence-corrected chi connectivity index (χ3v) is 2.84. The molecule has 1 amide bonds. The van der Waals surface area contributed by atoms with E-state index in [1.54, 1.807) is 0 Å². The fraction of sp³-hybridized carbons (Fsp3) is 0.500. The third-order valence-electron chi connectivity index (χ3n) is 2.66. The van der Waals surface area contributed by atoms with Crippen LogP contribution in [0.5, 0.6) is 0 Å². The lowest BCUT2D eigenvalue weighted by atomic mass is 10.2. The minimum atomic E-state index is -0.208. The van der Waals surface area contributed by atoms with Gasteiger partial charge in [0, 0.05) is 6.04 Å². The van der Waals surface area contributed by atoms with E-state index in [1.165, 1.54) is 12.4 Å². The third kappa shape index (κ3) is 2.26. The molecule has 0 aromatic carbocycles. The van der Waals surface area contributed by atoms with Crippen LogP contribution in [0.3, 0.4) is 0 Å².